The van der Waals surface area contributed by atoms with Crippen LogP contribution in [0.2, 0.25) is 0 Å². The smallest absolute Gasteiger partial charge is 0.243 e. The number of aliphatic imine (C=N–C) groups is 1. The number of hydrogen-bond acceptors (Lipinski definition) is 4. The topological polar surface area (TPSA) is 66.4 Å². The molecule has 1 aromatic rings. The van der Waals surface area contributed by atoms with Crippen LogP contribution >= 0.6 is 0 Å². The molecule has 0 radical (unpaired) electrons. The van der Waals surface area contributed by atoms with Gasteiger partial charge in [-0.15, -0.1) is 0 Å². The molecule has 27 heavy (non-hydrogen) atoms. The molecule has 1 amide bonds. The van der Waals surface area contributed by atoms with Crippen molar-refractivity contribution in [2.45, 2.75) is 12.8 Å². The largest absolute Gasteiger partial charge is 0.497 e. The van der Waals surface area contributed by atoms with E-state index in [1.165, 1.54) is 5.56 Å². The number of hydrogen-bond donors (Lipinski definition) is 1. The van der Waals surface area contributed by atoms with E-state index in [2.05, 4.69) is 27.3 Å². The molecular formula is C20H32N4O3. The Morgan fingerprint density at radius 1 is 1.30 bits per heavy atom. The zero-order chi connectivity index (χ0) is 19.6. The first-order valence-corrected chi connectivity index (χ1v) is 9.40. The maximum Gasteiger partial charge on any atom is 0.243 e. The maximum atomic E-state index is 11.9. The Morgan fingerprint density at radius 3 is 2.63 bits per heavy atom. The van der Waals surface area contributed by atoms with Crippen LogP contribution in [0.5, 0.6) is 5.75 Å². The van der Waals surface area contributed by atoms with Gasteiger partial charge >= 0.3 is 0 Å². The number of nitrogens with one attached hydrogen (secondary N) is 1. The van der Waals surface area contributed by atoms with Crippen LogP contribution in [0.1, 0.15) is 12.0 Å². The monoisotopic (exact) mass is 376 g/mol. The van der Waals surface area contributed by atoms with Gasteiger partial charge in [0.15, 0.2) is 5.96 Å². The Bertz CT molecular complexity index is 610. The fourth-order valence-corrected chi connectivity index (χ4v) is 2.91. The molecule has 1 fully saturated rings. The fourth-order valence-electron chi connectivity index (χ4n) is 2.91. The Morgan fingerprint density at radius 2 is 2.04 bits per heavy atom. The summed E-state index contributed by atoms with van der Waals surface area (Å²) in [5.74, 6) is 2.11. The highest BCUT2D eigenvalue weighted by molar-refractivity contribution is 5.84. The minimum Gasteiger partial charge on any atom is -0.497 e. The van der Waals surface area contributed by atoms with Gasteiger partial charge in [-0.1, -0.05) is 12.1 Å². The molecule has 2 rings (SSSR count). The number of rotatable bonds is 8. The van der Waals surface area contributed by atoms with Crippen molar-refractivity contribution in [3.05, 3.63) is 29.8 Å². The van der Waals surface area contributed by atoms with Crippen molar-refractivity contribution in [3.63, 3.8) is 0 Å². The molecule has 1 unspecified atom stereocenters. The van der Waals surface area contributed by atoms with Crippen LogP contribution in [-0.4, -0.2) is 82.8 Å². The van der Waals surface area contributed by atoms with Crippen molar-refractivity contribution in [1.29, 1.82) is 0 Å². The van der Waals surface area contributed by atoms with Crippen molar-refractivity contribution in [2.75, 3.05) is 61.1 Å². The Balaban J connectivity index is 1.92. The second-order valence-corrected chi connectivity index (χ2v) is 7.06. The lowest BCUT2D eigenvalue weighted by atomic mass is 10.1. The van der Waals surface area contributed by atoms with Crippen LogP contribution in [0.4, 0.5) is 0 Å². The van der Waals surface area contributed by atoms with Gasteiger partial charge in [-0.25, -0.2) is 4.99 Å². The first-order chi connectivity index (χ1) is 13.0. The van der Waals surface area contributed by atoms with Gasteiger partial charge in [-0.05, 0) is 30.5 Å². The minimum absolute atomic E-state index is 0.0120. The molecule has 0 aromatic heterocycles. The fraction of sp³-hybridized carbons (Fsp3) is 0.600. The van der Waals surface area contributed by atoms with Gasteiger partial charge in [0.05, 0.1) is 13.7 Å². The lowest BCUT2D eigenvalue weighted by Crippen LogP contribution is -2.43. The second-order valence-electron chi connectivity index (χ2n) is 7.06. The van der Waals surface area contributed by atoms with Gasteiger partial charge < -0.3 is 24.6 Å². The predicted molar refractivity (Wildman–Crippen MR) is 107 cm³/mol. The Hall–Kier alpha value is -2.28. The van der Waals surface area contributed by atoms with E-state index in [9.17, 15) is 4.79 Å². The maximum absolute atomic E-state index is 11.9. The van der Waals surface area contributed by atoms with Crippen molar-refractivity contribution < 1.29 is 14.3 Å². The summed E-state index contributed by atoms with van der Waals surface area (Å²) in [6, 6.07) is 8.05. The molecule has 1 heterocycles. The van der Waals surface area contributed by atoms with E-state index in [1.54, 1.807) is 26.1 Å². The van der Waals surface area contributed by atoms with E-state index in [4.69, 9.17) is 9.47 Å². The van der Waals surface area contributed by atoms with Crippen LogP contribution in [0.15, 0.2) is 29.3 Å². The number of guanidine groups is 1. The van der Waals surface area contributed by atoms with Crippen LogP contribution < -0.4 is 10.1 Å². The van der Waals surface area contributed by atoms with Gasteiger partial charge in [0.2, 0.25) is 5.91 Å². The third kappa shape index (κ3) is 7.09. The molecule has 0 bridgehead atoms. The number of carbonyl (C=O) groups excluding carboxylic acids is 1. The van der Waals surface area contributed by atoms with Crippen LogP contribution in [0.3, 0.4) is 0 Å². The zero-order valence-corrected chi connectivity index (χ0v) is 16.9. The molecule has 0 spiro atoms. The van der Waals surface area contributed by atoms with E-state index in [1.807, 2.05) is 19.2 Å². The standard InChI is InChI=1S/C20H32N4O3/c1-23(2)19(25)13-22-20(24(3)14-17-10-12-27-15-17)21-11-9-16-5-7-18(26-4)8-6-16/h5-8,17H,9-15H2,1-4H3,(H,21,22). The van der Waals surface area contributed by atoms with Crippen LogP contribution in [-0.2, 0) is 16.0 Å². The second kappa shape index (κ2) is 10.8. The highest BCUT2D eigenvalue weighted by atomic mass is 16.5. The molecule has 1 saturated heterocycles. The molecule has 1 aliphatic heterocycles. The zero-order valence-electron chi connectivity index (χ0n) is 16.9. The summed E-state index contributed by atoms with van der Waals surface area (Å²) in [6.07, 6.45) is 1.94. The lowest BCUT2D eigenvalue weighted by Gasteiger charge is -2.25. The highest BCUT2D eigenvalue weighted by Gasteiger charge is 2.19. The van der Waals surface area contributed by atoms with Gasteiger partial charge in [-0.2, -0.15) is 0 Å². The normalized spacial score (nSPS) is 16.9. The first kappa shape index (κ1) is 21.0. The third-order valence-electron chi connectivity index (χ3n) is 4.64. The predicted octanol–water partition coefficient (Wildman–Crippen LogP) is 1.24. The number of likely N-dealkylation sites (N-methyl/N-ethyl adjacent to an activating group) is 1. The molecule has 1 aliphatic rings. The van der Waals surface area contributed by atoms with E-state index in [0.29, 0.717) is 5.92 Å². The van der Waals surface area contributed by atoms with Crippen molar-refractivity contribution in [2.24, 2.45) is 10.9 Å². The lowest BCUT2D eigenvalue weighted by molar-refractivity contribution is -0.127. The Kier molecular flexibility index (Phi) is 8.39. The number of carbonyl (C=O) groups is 1. The molecule has 0 saturated carbocycles. The summed E-state index contributed by atoms with van der Waals surface area (Å²) in [6.45, 7) is 3.37. The molecule has 150 valence electrons. The first-order valence-electron chi connectivity index (χ1n) is 9.40. The number of methoxy groups -OCH3 is 1. The van der Waals surface area contributed by atoms with Gasteiger partial charge in [0.25, 0.3) is 0 Å². The van der Waals surface area contributed by atoms with Crippen LogP contribution in [0, 0.1) is 5.92 Å². The van der Waals surface area contributed by atoms with Gasteiger partial charge in [0.1, 0.15) is 12.3 Å². The molecule has 7 heteroatoms. The van der Waals surface area contributed by atoms with E-state index < -0.39 is 0 Å². The number of nitrogens with zero attached hydrogens (tertiary/aromatic N) is 3. The van der Waals surface area contributed by atoms with Gasteiger partial charge in [0, 0.05) is 46.8 Å². The van der Waals surface area contributed by atoms with Crippen LogP contribution in [0.25, 0.3) is 0 Å². The van der Waals surface area contributed by atoms with Crippen molar-refractivity contribution in [3.8, 4) is 5.75 Å². The summed E-state index contributed by atoms with van der Waals surface area (Å²) >= 11 is 0. The summed E-state index contributed by atoms with van der Waals surface area (Å²) in [7, 11) is 7.17. The molecular weight excluding hydrogens is 344 g/mol. The van der Waals surface area contributed by atoms with E-state index in [-0.39, 0.29) is 12.5 Å². The van der Waals surface area contributed by atoms with E-state index >= 15 is 0 Å². The number of ether oxygens (including phenoxy) is 2. The number of amides is 1. The average molecular weight is 377 g/mol. The van der Waals surface area contributed by atoms with E-state index in [0.717, 1.165) is 50.9 Å². The summed E-state index contributed by atoms with van der Waals surface area (Å²) in [5.41, 5.74) is 1.22. The number of benzene rings is 1. The van der Waals surface area contributed by atoms with Crippen molar-refractivity contribution >= 4 is 11.9 Å². The highest BCUT2D eigenvalue weighted by Crippen LogP contribution is 2.13. The third-order valence-corrected chi connectivity index (χ3v) is 4.64. The molecule has 7 nitrogen and oxygen atoms in total. The van der Waals surface area contributed by atoms with Crippen molar-refractivity contribution in [1.82, 2.24) is 15.1 Å². The summed E-state index contributed by atoms with van der Waals surface area (Å²) < 4.78 is 10.7. The molecule has 1 atom stereocenters. The molecule has 0 aliphatic carbocycles. The van der Waals surface area contributed by atoms with Gasteiger partial charge in [-0.3, -0.25) is 4.79 Å². The molecule has 1 aromatic carbocycles. The minimum atomic E-state index is -0.0120. The summed E-state index contributed by atoms with van der Waals surface area (Å²) in [5, 5.41) is 3.40. The quantitative estimate of drug-likeness (QED) is 0.546. The molecule has 1 N–H and O–H groups in total. The average Bonchev–Trinajstić information content (AvgIpc) is 3.17. The summed E-state index contributed by atoms with van der Waals surface area (Å²) in [4.78, 5) is 20.1. The Labute approximate surface area is 162 Å². The SMILES string of the molecule is COc1ccc(CCNC(=NCC(=O)N(C)C)N(C)CC2CCOC2)cc1.